The van der Waals surface area contributed by atoms with Crippen LogP contribution in [0.4, 0.5) is 4.39 Å². The van der Waals surface area contributed by atoms with Gasteiger partial charge in [-0.1, -0.05) is 12.0 Å². The number of amides is 1. The van der Waals surface area contributed by atoms with Gasteiger partial charge in [-0.2, -0.15) is 0 Å². The molecule has 1 saturated heterocycles. The van der Waals surface area contributed by atoms with Crippen LogP contribution < -0.4 is 10.1 Å². The fourth-order valence-electron chi connectivity index (χ4n) is 4.08. The number of nitrogens with one attached hydrogen (secondary N) is 1. The average molecular weight is 465 g/mol. The summed E-state index contributed by atoms with van der Waals surface area (Å²) >= 11 is 0. The zero-order chi connectivity index (χ0) is 24.1. The highest BCUT2D eigenvalue weighted by Gasteiger charge is 2.30. The molecule has 178 valence electrons. The van der Waals surface area contributed by atoms with E-state index in [1.165, 1.54) is 12.1 Å². The fourth-order valence-corrected chi connectivity index (χ4v) is 4.08. The van der Waals surface area contributed by atoms with E-state index in [2.05, 4.69) is 22.1 Å². The number of rotatable bonds is 9. The van der Waals surface area contributed by atoms with Crippen molar-refractivity contribution in [3.8, 4) is 17.6 Å². The van der Waals surface area contributed by atoms with E-state index in [4.69, 9.17) is 4.74 Å². The molecular weight excluding hydrogens is 435 g/mol. The van der Waals surface area contributed by atoms with Gasteiger partial charge in [0.25, 0.3) is 5.91 Å². The number of aliphatic hydroxyl groups excluding tert-OH is 1. The fraction of sp³-hybridized carbons (Fsp3) is 0.407. The van der Waals surface area contributed by atoms with Gasteiger partial charge < -0.3 is 20.1 Å². The second-order valence-electron chi connectivity index (χ2n) is 8.82. The molecule has 0 radical (unpaired) electrons. The molecule has 1 heterocycles. The molecule has 1 amide bonds. The number of carbonyl (C=O) groups is 2. The predicted octanol–water partition coefficient (Wildman–Crippen LogP) is 3.24. The Morgan fingerprint density at radius 3 is 2.50 bits per heavy atom. The molecule has 34 heavy (non-hydrogen) atoms. The minimum absolute atomic E-state index is 0.0570. The van der Waals surface area contributed by atoms with Crippen molar-refractivity contribution in [3.05, 3.63) is 65.0 Å². The van der Waals surface area contributed by atoms with Gasteiger partial charge in [-0.05, 0) is 87.7 Å². The van der Waals surface area contributed by atoms with Crippen LogP contribution in [0, 0.1) is 17.7 Å². The first-order valence-electron chi connectivity index (χ1n) is 11.7. The molecule has 1 aliphatic heterocycles. The van der Waals surface area contributed by atoms with Gasteiger partial charge in [-0.25, -0.2) is 4.39 Å². The largest absolute Gasteiger partial charge is 0.487 e. The van der Waals surface area contributed by atoms with Crippen LogP contribution in [-0.2, 0) is 4.79 Å². The SMILES string of the molecule is CC#Cc1ccc(C(=O)C(=O)N[C@H](CN2CCCC2)[C@H](O)c2ccc(OC3CC3)c(F)c2)cc1. The van der Waals surface area contributed by atoms with Gasteiger partial charge in [0.1, 0.15) is 6.10 Å². The number of nitrogens with zero attached hydrogens (tertiary/aromatic N) is 1. The second kappa shape index (κ2) is 10.8. The Kier molecular flexibility index (Phi) is 7.61. The highest BCUT2D eigenvalue weighted by atomic mass is 19.1. The first-order valence-corrected chi connectivity index (χ1v) is 11.7. The topological polar surface area (TPSA) is 78.9 Å². The van der Waals surface area contributed by atoms with Crippen molar-refractivity contribution < 1.29 is 23.8 Å². The molecule has 0 bridgehead atoms. The molecule has 2 aromatic rings. The molecule has 1 saturated carbocycles. The second-order valence-corrected chi connectivity index (χ2v) is 8.82. The van der Waals surface area contributed by atoms with Crippen LogP contribution in [-0.4, -0.2) is 53.5 Å². The molecule has 2 aliphatic rings. The minimum Gasteiger partial charge on any atom is -0.487 e. The van der Waals surface area contributed by atoms with E-state index in [1.54, 1.807) is 37.3 Å². The van der Waals surface area contributed by atoms with Crippen molar-refractivity contribution in [1.82, 2.24) is 10.2 Å². The number of carbonyl (C=O) groups excluding carboxylic acids is 2. The lowest BCUT2D eigenvalue weighted by molar-refractivity contribution is -0.118. The van der Waals surface area contributed by atoms with Crippen LogP contribution in [0.15, 0.2) is 42.5 Å². The summed E-state index contributed by atoms with van der Waals surface area (Å²) in [4.78, 5) is 27.7. The van der Waals surface area contributed by atoms with Gasteiger partial charge in [0.2, 0.25) is 5.78 Å². The summed E-state index contributed by atoms with van der Waals surface area (Å²) < 4.78 is 20.1. The molecule has 0 unspecified atom stereocenters. The Bertz CT molecular complexity index is 1100. The Balaban J connectivity index is 1.49. The number of ketones is 1. The van der Waals surface area contributed by atoms with Crippen molar-refractivity contribution in [2.45, 2.75) is 50.9 Å². The third-order valence-electron chi connectivity index (χ3n) is 6.09. The van der Waals surface area contributed by atoms with Crippen molar-refractivity contribution in [2.75, 3.05) is 19.6 Å². The summed E-state index contributed by atoms with van der Waals surface area (Å²) in [6.07, 6.45) is 2.76. The first kappa shape index (κ1) is 23.9. The Hall–Kier alpha value is -3.21. The summed E-state index contributed by atoms with van der Waals surface area (Å²) in [5.41, 5.74) is 1.30. The third kappa shape index (κ3) is 6.02. The van der Waals surface area contributed by atoms with Crippen molar-refractivity contribution >= 4 is 11.7 Å². The van der Waals surface area contributed by atoms with Gasteiger partial charge in [-0.3, -0.25) is 9.59 Å². The molecule has 1 aliphatic carbocycles. The van der Waals surface area contributed by atoms with E-state index in [-0.39, 0.29) is 17.4 Å². The molecule has 2 N–H and O–H groups in total. The van der Waals surface area contributed by atoms with Crippen LogP contribution in [0.5, 0.6) is 5.75 Å². The summed E-state index contributed by atoms with van der Waals surface area (Å²) in [6, 6.07) is 10.0. The summed E-state index contributed by atoms with van der Waals surface area (Å²) in [7, 11) is 0. The number of Topliss-reactive ketones (excluding diaryl/α,β-unsaturated/α-hetero) is 1. The predicted molar refractivity (Wildman–Crippen MR) is 126 cm³/mol. The normalized spacial score (nSPS) is 17.4. The van der Waals surface area contributed by atoms with Gasteiger partial charge in [0, 0.05) is 17.7 Å². The molecule has 2 fully saturated rings. The highest BCUT2D eigenvalue weighted by Crippen LogP contribution is 2.30. The van der Waals surface area contributed by atoms with Crippen LogP contribution in [0.2, 0.25) is 0 Å². The number of benzene rings is 2. The number of likely N-dealkylation sites (tertiary alicyclic amines) is 1. The van der Waals surface area contributed by atoms with Crippen molar-refractivity contribution in [3.63, 3.8) is 0 Å². The minimum atomic E-state index is -1.19. The summed E-state index contributed by atoms with van der Waals surface area (Å²) in [5.74, 6) is 3.76. The third-order valence-corrected chi connectivity index (χ3v) is 6.09. The van der Waals surface area contributed by atoms with Crippen molar-refractivity contribution in [2.24, 2.45) is 0 Å². The number of ether oxygens (including phenoxy) is 1. The first-order chi connectivity index (χ1) is 16.4. The Labute approximate surface area is 199 Å². The molecule has 0 aromatic heterocycles. The van der Waals surface area contributed by atoms with E-state index in [0.29, 0.717) is 12.1 Å². The van der Waals surface area contributed by atoms with Gasteiger partial charge in [0.15, 0.2) is 11.6 Å². The Morgan fingerprint density at radius 2 is 1.88 bits per heavy atom. The highest BCUT2D eigenvalue weighted by molar-refractivity contribution is 6.42. The molecular formula is C27H29FN2O4. The lowest BCUT2D eigenvalue weighted by atomic mass is 10.0. The number of hydrogen-bond donors (Lipinski definition) is 2. The molecule has 6 nitrogen and oxygen atoms in total. The zero-order valence-electron chi connectivity index (χ0n) is 19.2. The molecule has 4 rings (SSSR count). The Morgan fingerprint density at radius 1 is 1.18 bits per heavy atom. The van der Waals surface area contributed by atoms with Gasteiger partial charge in [0.05, 0.1) is 12.1 Å². The quantitative estimate of drug-likeness (QED) is 0.339. The van der Waals surface area contributed by atoms with E-state index >= 15 is 0 Å². The maximum atomic E-state index is 14.6. The van der Waals surface area contributed by atoms with Crippen LogP contribution in [0.1, 0.15) is 60.2 Å². The monoisotopic (exact) mass is 464 g/mol. The number of hydrogen-bond acceptors (Lipinski definition) is 5. The van der Waals surface area contributed by atoms with Gasteiger partial charge >= 0.3 is 0 Å². The van der Waals surface area contributed by atoms with E-state index < -0.39 is 29.7 Å². The molecule has 7 heteroatoms. The average Bonchev–Trinajstić information content (AvgIpc) is 3.51. The number of halogens is 1. The van der Waals surface area contributed by atoms with Crippen molar-refractivity contribution in [1.29, 1.82) is 0 Å². The summed E-state index contributed by atoms with van der Waals surface area (Å²) in [5, 5.41) is 13.8. The molecule has 0 spiro atoms. The maximum Gasteiger partial charge on any atom is 0.292 e. The van der Waals surface area contributed by atoms with Crippen LogP contribution in [0.3, 0.4) is 0 Å². The molecule has 2 atom stereocenters. The summed E-state index contributed by atoms with van der Waals surface area (Å²) in [6.45, 7) is 3.76. The standard InChI is InChI=1S/C27H29FN2O4/c1-2-5-18-6-8-19(9-7-18)26(32)27(33)29-23(17-30-14-3-4-15-30)25(31)20-10-13-24(22(28)16-20)34-21-11-12-21/h6-10,13,16,21,23,25,31H,3-4,11-12,14-15,17H2,1H3,(H,29,33)/t23-,25-/m1/s1. The van der Waals surface area contributed by atoms with E-state index in [0.717, 1.165) is 44.3 Å². The van der Waals surface area contributed by atoms with E-state index in [1.807, 2.05) is 0 Å². The van der Waals surface area contributed by atoms with Crippen LogP contribution in [0.25, 0.3) is 0 Å². The van der Waals surface area contributed by atoms with Gasteiger partial charge in [-0.15, -0.1) is 5.92 Å². The van der Waals surface area contributed by atoms with Crippen LogP contribution >= 0.6 is 0 Å². The molecule has 2 aromatic carbocycles. The number of aliphatic hydroxyl groups is 1. The maximum absolute atomic E-state index is 14.6. The zero-order valence-corrected chi connectivity index (χ0v) is 19.2. The smallest absolute Gasteiger partial charge is 0.292 e. The van der Waals surface area contributed by atoms with E-state index in [9.17, 15) is 19.1 Å². The lowest BCUT2D eigenvalue weighted by Crippen LogP contribution is -2.48. The lowest BCUT2D eigenvalue weighted by Gasteiger charge is -2.28.